The second kappa shape index (κ2) is 4.90. The van der Waals surface area contributed by atoms with Crippen molar-refractivity contribution in [3.63, 3.8) is 0 Å². The van der Waals surface area contributed by atoms with Gasteiger partial charge in [0.15, 0.2) is 0 Å². The van der Waals surface area contributed by atoms with Gasteiger partial charge in [-0.3, -0.25) is 9.59 Å². The van der Waals surface area contributed by atoms with Crippen LogP contribution in [0.4, 0.5) is 11.6 Å². The highest BCUT2D eigenvalue weighted by Crippen LogP contribution is 2.12. The predicted octanol–water partition coefficient (Wildman–Crippen LogP) is 1.06. The Hall–Kier alpha value is -2.17. The van der Waals surface area contributed by atoms with E-state index >= 15 is 0 Å². The zero-order valence-electron chi connectivity index (χ0n) is 8.28. The van der Waals surface area contributed by atoms with Crippen LogP contribution in [0.2, 0.25) is 0 Å². The van der Waals surface area contributed by atoms with Gasteiger partial charge in [-0.2, -0.15) is 0 Å². The van der Waals surface area contributed by atoms with E-state index in [1.54, 1.807) is 13.1 Å². The first-order chi connectivity index (χ1) is 7.19. The van der Waals surface area contributed by atoms with Crippen molar-refractivity contribution in [2.24, 2.45) is 0 Å². The van der Waals surface area contributed by atoms with Gasteiger partial charge >= 0.3 is 0 Å². The fourth-order valence-corrected chi connectivity index (χ4v) is 0.989. The molecular weight excluding hydrogens is 194 g/mol. The van der Waals surface area contributed by atoms with E-state index in [9.17, 15) is 9.59 Å². The SMILES string of the molecule is C=CC(=O)Nc1cc(C=O)cc(NC)n1. The Morgan fingerprint density at radius 2 is 2.13 bits per heavy atom. The molecule has 0 atom stereocenters. The van der Waals surface area contributed by atoms with Crippen molar-refractivity contribution in [3.8, 4) is 0 Å². The first-order valence-corrected chi connectivity index (χ1v) is 4.28. The molecule has 0 aliphatic carbocycles. The molecule has 2 N–H and O–H groups in total. The third-order valence-corrected chi connectivity index (χ3v) is 1.68. The Morgan fingerprint density at radius 3 is 2.67 bits per heavy atom. The molecule has 0 radical (unpaired) electrons. The van der Waals surface area contributed by atoms with Crippen molar-refractivity contribution < 1.29 is 9.59 Å². The summed E-state index contributed by atoms with van der Waals surface area (Å²) in [6.07, 6.45) is 1.82. The lowest BCUT2D eigenvalue weighted by Gasteiger charge is -2.05. The first kappa shape index (κ1) is 10.9. The summed E-state index contributed by atoms with van der Waals surface area (Å²) in [4.78, 5) is 25.6. The number of hydrogen-bond acceptors (Lipinski definition) is 4. The minimum atomic E-state index is -0.368. The van der Waals surface area contributed by atoms with Crippen molar-refractivity contribution in [2.75, 3.05) is 17.7 Å². The lowest BCUT2D eigenvalue weighted by molar-refractivity contribution is -0.111. The van der Waals surface area contributed by atoms with E-state index in [2.05, 4.69) is 22.2 Å². The molecular formula is C10H11N3O2. The molecule has 1 aromatic rings. The zero-order chi connectivity index (χ0) is 11.3. The maximum Gasteiger partial charge on any atom is 0.248 e. The minimum absolute atomic E-state index is 0.314. The second-order valence-corrected chi connectivity index (χ2v) is 2.73. The maximum atomic E-state index is 11.0. The van der Waals surface area contributed by atoms with Gasteiger partial charge in [0.05, 0.1) is 0 Å². The van der Waals surface area contributed by atoms with Gasteiger partial charge in [-0.05, 0) is 18.2 Å². The molecule has 0 saturated carbocycles. The monoisotopic (exact) mass is 205 g/mol. The van der Waals surface area contributed by atoms with Crippen LogP contribution in [0.5, 0.6) is 0 Å². The molecule has 0 aliphatic rings. The molecule has 0 unspecified atom stereocenters. The Labute approximate surface area is 87.2 Å². The van der Waals surface area contributed by atoms with Gasteiger partial charge in [-0.1, -0.05) is 6.58 Å². The quantitative estimate of drug-likeness (QED) is 0.569. The van der Waals surface area contributed by atoms with Crippen molar-refractivity contribution in [1.29, 1.82) is 0 Å². The van der Waals surface area contributed by atoms with Gasteiger partial charge in [0.1, 0.15) is 17.9 Å². The van der Waals surface area contributed by atoms with Gasteiger partial charge < -0.3 is 10.6 Å². The molecule has 1 rings (SSSR count). The normalized spacial score (nSPS) is 9.13. The fraction of sp³-hybridized carbons (Fsp3) is 0.100. The Balaban J connectivity index is 3.01. The largest absolute Gasteiger partial charge is 0.373 e. The van der Waals surface area contributed by atoms with Crippen LogP contribution in [-0.2, 0) is 4.79 Å². The molecule has 1 heterocycles. The number of anilines is 2. The summed E-state index contributed by atoms with van der Waals surface area (Å²) in [5.41, 5.74) is 0.439. The summed E-state index contributed by atoms with van der Waals surface area (Å²) in [6, 6.07) is 3.06. The van der Waals surface area contributed by atoms with Crippen molar-refractivity contribution in [2.45, 2.75) is 0 Å². The minimum Gasteiger partial charge on any atom is -0.373 e. The number of carbonyl (C=O) groups is 2. The van der Waals surface area contributed by atoms with E-state index in [0.717, 1.165) is 6.08 Å². The molecule has 1 amide bonds. The summed E-state index contributed by atoms with van der Waals surface area (Å²) in [5.74, 6) is 0.459. The third kappa shape index (κ3) is 2.91. The molecule has 0 bridgehead atoms. The lowest BCUT2D eigenvalue weighted by Crippen LogP contribution is -2.10. The van der Waals surface area contributed by atoms with E-state index in [-0.39, 0.29) is 5.91 Å². The van der Waals surface area contributed by atoms with Crippen LogP contribution in [-0.4, -0.2) is 24.2 Å². The Morgan fingerprint density at radius 1 is 1.47 bits per heavy atom. The molecule has 5 heteroatoms. The third-order valence-electron chi connectivity index (χ3n) is 1.68. The van der Waals surface area contributed by atoms with E-state index in [1.807, 2.05) is 0 Å². The standard InChI is InChI=1S/C10H11N3O2/c1-3-10(15)13-9-5-7(6-14)4-8(11-2)12-9/h3-6H,1H2,2H3,(H2,11,12,13,15). The maximum absolute atomic E-state index is 11.0. The van der Waals surface area contributed by atoms with Crippen molar-refractivity contribution >= 4 is 23.8 Å². The molecule has 0 spiro atoms. The smallest absolute Gasteiger partial charge is 0.248 e. The Kier molecular flexibility index (Phi) is 3.56. The molecule has 0 saturated heterocycles. The second-order valence-electron chi connectivity index (χ2n) is 2.73. The molecule has 0 aromatic carbocycles. The highest BCUT2D eigenvalue weighted by Gasteiger charge is 2.03. The van der Waals surface area contributed by atoms with E-state index in [0.29, 0.717) is 23.5 Å². The molecule has 1 aromatic heterocycles. The Bertz CT molecular complexity index is 402. The summed E-state index contributed by atoms with van der Waals surface area (Å²) in [5, 5.41) is 5.26. The average Bonchev–Trinajstić information content (AvgIpc) is 2.28. The van der Waals surface area contributed by atoms with E-state index in [1.165, 1.54) is 6.07 Å². The van der Waals surface area contributed by atoms with Gasteiger partial charge in [0.25, 0.3) is 0 Å². The number of amides is 1. The lowest BCUT2D eigenvalue weighted by atomic mass is 10.2. The fourth-order valence-electron chi connectivity index (χ4n) is 0.989. The summed E-state index contributed by atoms with van der Waals surface area (Å²) >= 11 is 0. The number of carbonyl (C=O) groups excluding carboxylic acids is 2. The van der Waals surface area contributed by atoms with Gasteiger partial charge in [-0.25, -0.2) is 4.98 Å². The molecule has 0 fully saturated rings. The first-order valence-electron chi connectivity index (χ1n) is 4.28. The zero-order valence-corrected chi connectivity index (χ0v) is 8.28. The van der Waals surface area contributed by atoms with E-state index in [4.69, 9.17) is 0 Å². The number of nitrogens with zero attached hydrogens (tertiary/aromatic N) is 1. The molecule has 15 heavy (non-hydrogen) atoms. The number of aldehydes is 1. The summed E-state index contributed by atoms with van der Waals surface area (Å²) in [7, 11) is 1.68. The molecule has 5 nitrogen and oxygen atoms in total. The van der Waals surface area contributed by atoms with Crippen LogP contribution >= 0.6 is 0 Å². The number of nitrogens with one attached hydrogen (secondary N) is 2. The highest BCUT2D eigenvalue weighted by molar-refractivity contribution is 5.98. The topological polar surface area (TPSA) is 71.1 Å². The summed E-state index contributed by atoms with van der Waals surface area (Å²) in [6.45, 7) is 3.32. The van der Waals surface area contributed by atoms with Crippen LogP contribution in [0.3, 0.4) is 0 Å². The highest BCUT2D eigenvalue weighted by atomic mass is 16.1. The van der Waals surface area contributed by atoms with Crippen LogP contribution in [0, 0.1) is 0 Å². The van der Waals surface area contributed by atoms with Crippen LogP contribution in [0.25, 0.3) is 0 Å². The van der Waals surface area contributed by atoms with Crippen molar-refractivity contribution in [1.82, 2.24) is 4.98 Å². The number of rotatable bonds is 4. The molecule has 0 aliphatic heterocycles. The molecule has 78 valence electrons. The van der Waals surface area contributed by atoms with Gasteiger partial charge in [0, 0.05) is 12.6 Å². The van der Waals surface area contributed by atoms with Gasteiger partial charge in [-0.15, -0.1) is 0 Å². The van der Waals surface area contributed by atoms with E-state index < -0.39 is 0 Å². The van der Waals surface area contributed by atoms with Crippen LogP contribution < -0.4 is 10.6 Å². The number of pyridine rings is 1. The summed E-state index contributed by atoms with van der Waals surface area (Å²) < 4.78 is 0. The predicted molar refractivity (Wildman–Crippen MR) is 58.0 cm³/mol. The van der Waals surface area contributed by atoms with Gasteiger partial charge in [0.2, 0.25) is 5.91 Å². The number of aromatic nitrogens is 1. The van der Waals surface area contributed by atoms with Crippen molar-refractivity contribution in [3.05, 3.63) is 30.4 Å². The number of hydrogen-bond donors (Lipinski definition) is 2. The van der Waals surface area contributed by atoms with Crippen LogP contribution in [0.15, 0.2) is 24.8 Å². The average molecular weight is 205 g/mol. The van der Waals surface area contributed by atoms with Crippen LogP contribution in [0.1, 0.15) is 10.4 Å².